The molecule has 0 aromatic rings. The highest BCUT2D eigenvalue weighted by atomic mass is 32.1. The number of hydrogen-bond acceptors (Lipinski definition) is 5. The van der Waals surface area contributed by atoms with Gasteiger partial charge in [0.2, 0.25) is 23.6 Å². The summed E-state index contributed by atoms with van der Waals surface area (Å²) < 4.78 is 0. The molecule has 9 heteroatoms. The molecule has 0 aliphatic rings. The molecule has 4 N–H and O–H groups in total. The van der Waals surface area contributed by atoms with E-state index in [4.69, 9.17) is 0 Å². The molecule has 0 unspecified atom stereocenters. The van der Waals surface area contributed by atoms with E-state index in [0.29, 0.717) is 6.54 Å². The average Bonchev–Trinajstić information content (AvgIpc) is 2.40. The zero-order chi connectivity index (χ0) is 14.7. The summed E-state index contributed by atoms with van der Waals surface area (Å²) in [6.07, 6.45) is 0. The van der Waals surface area contributed by atoms with Crippen molar-refractivity contribution in [3.8, 4) is 0 Å². The summed E-state index contributed by atoms with van der Waals surface area (Å²) in [5.74, 6) is -1.67. The van der Waals surface area contributed by atoms with Gasteiger partial charge in [-0.1, -0.05) is 0 Å². The van der Waals surface area contributed by atoms with Crippen molar-refractivity contribution in [2.24, 2.45) is 0 Å². The molecule has 8 nitrogen and oxygen atoms in total. The zero-order valence-corrected chi connectivity index (χ0v) is 11.5. The Labute approximate surface area is 116 Å². The lowest BCUT2D eigenvalue weighted by Gasteiger charge is -2.07. The van der Waals surface area contributed by atoms with E-state index in [1.54, 1.807) is 6.92 Å². The van der Waals surface area contributed by atoms with Crippen molar-refractivity contribution in [3.63, 3.8) is 0 Å². The summed E-state index contributed by atoms with van der Waals surface area (Å²) in [4.78, 5) is 44.3. The number of likely N-dealkylation sites (N-methyl/N-ethyl adjacent to an activating group) is 1. The fraction of sp³-hybridized carbons (Fsp3) is 0.600. The van der Waals surface area contributed by atoms with Gasteiger partial charge in [0.05, 0.1) is 25.4 Å². The van der Waals surface area contributed by atoms with Crippen LogP contribution >= 0.6 is 12.6 Å². The molecule has 19 heavy (non-hydrogen) atoms. The van der Waals surface area contributed by atoms with E-state index in [1.165, 1.54) is 0 Å². The van der Waals surface area contributed by atoms with Gasteiger partial charge in [0.1, 0.15) is 0 Å². The van der Waals surface area contributed by atoms with Crippen LogP contribution in [0.3, 0.4) is 0 Å². The largest absolute Gasteiger partial charge is 0.355 e. The number of carbonyl (C=O) groups is 4. The summed E-state index contributed by atoms with van der Waals surface area (Å²) >= 11 is 3.72. The average molecular weight is 290 g/mol. The first kappa shape index (κ1) is 17.2. The van der Waals surface area contributed by atoms with Gasteiger partial charge in [-0.25, -0.2) is 0 Å². The predicted molar refractivity (Wildman–Crippen MR) is 71.6 cm³/mol. The SMILES string of the molecule is CCNC(=O)CNC(=O)CNC(=O)CNC(=O)CS. The summed E-state index contributed by atoms with van der Waals surface area (Å²) in [7, 11) is 0. The molecule has 0 aromatic heterocycles. The summed E-state index contributed by atoms with van der Waals surface area (Å²) in [6.45, 7) is 1.63. The topological polar surface area (TPSA) is 116 Å². The van der Waals surface area contributed by atoms with E-state index in [-0.39, 0.29) is 37.2 Å². The van der Waals surface area contributed by atoms with Gasteiger partial charge in [0, 0.05) is 6.54 Å². The maximum Gasteiger partial charge on any atom is 0.239 e. The van der Waals surface area contributed by atoms with Crippen molar-refractivity contribution in [1.29, 1.82) is 0 Å². The van der Waals surface area contributed by atoms with Gasteiger partial charge in [0.15, 0.2) is 0 Å². The van der Waals surface area contributed by atoms with Crippen LogP contribution in [0, 0.1) is 0 Å². The molecule has 4 amide bonds. The molecule has 0 saturated carbocycles. The van der Waals surface area contributed by atoms with E-state index >= 15 is 0 Å². The summed E-state index contributed by atoms with van der Waals surface area (Å²) in [6, 6.07) is 0. The monoisotopic (exact) mass is 290 g/mol. The van der Waals surface area contributed by atoms with Crippen molar-refractivity contribution in [1.82, 2.24) is 21.3 Å². The Morgan fingerprint density at radius 3 is 1.47 bits per heavy atom. The van der Waals surface area contributed by atoms with E-state index in [2.05, 4.69) is 33.9 Å². The second-order valence-corrected chi connectivity index (χ2v) is 3.76. The highest BCUT2D eigenvalue weighted by Gasteiger charge is 2.07. The highest BCUT2D eigenvalue weighted by molar-refractivity contribution is 7.81. The fourth-order valence-electron chi connectivity index (χ4n) is 0.977. The summed E-state index contributed by atoms with van der Waals surface area (Å²) in [5.41, 5.74) is 0. The Morgan fingerprint density at radius 1 is 0.737 bits per heavy atom. The minimum absolute atomic E-state index is 0.0136. The molecular weight excluding hydrogens is 272 g/mol. The van der Waals surface area contributed by atoms with E-state index in [1.807, 2.05) is 0 Å². The molecule has 0 saturated heterocycles. The van der Waals surface area contributed by atoms with E-state index < -0.39 is 11.8 Å². The Morgan fingerprint density at radius 2 is 1.11 bits per heavy atom. The molecule has 0 rings (SSSR count). The first-order chi connectivity index (χ1) is 8.99. The van der Waals surface area contributed by atoms with Crippen LogP contribution in [0.2, 0.25) is 0 Å². The Hall–Kier alpha value is -1.77. The lowest BCUT2D eigenvalue weighted by atomic mass is 10.4. The molecule has 0 aliphatic carbocycles. The molecule has 108 valence electrons. The van der Waals surface area contributed by atoms with Crippen molar-refractivity contribution in [2.45, 2.75) is 6.92 Å². The standard InChI is InChI=1S/C10H18N4O4S/c1-2-11-7(15)3-12-8(16)4-13-9(17)5-14-10(18)6-19/h19H,2-6H2,1H3,(H,11,15)(H,12,16)(H,13,17)(H,14,18). The molecule has 0 aliphatic heterocycles. The quantitative estimate of drug-likeness (QED) is 0.315. The van der Waals surface area contributed by atoms with Gasteiger partial charge in [0.25, 0.3) is 0 Å². The van der Waals surface area contributed by atoms with Crippen molar-refractivity contribution in [3.05, 3.63) is 0 Å². The first-order valence-corrected chi connectivity index (χ1v) is 6.30. The first-order valence-electron chi connectivity index (χ1n) is 5.67. The van der Waals surface area contributed by atoms with E-state index in [9.17, 15) is 19.2 Å². The zero-order valence-electron chi connectivity index (χ0n) is 10.6. The second kappa shape index (κ2) is 10.2. The Balaban J connectivity index is 3.69. The number of hydrogen-bond donors (Lipinski definition) is 5. The molecule has 0 aromatic carbocycles. The normalized spacial score (nSPS) is 9.37. The molecule has 0 heterocycles. The maximum absolute atomic E-state index is 11.2. The number of amides is 4. The van der Waals surface area contributed by atoms with Crippen LogP contribution in [0.4, 0.5) is 0 Å². The highest BCUT2D eigenvalue weighted by Crippen LogP contribution is 1.73. The molecule has 0 fully saturated rings. The number of carbonyl (C=O) groups excluding carboxylic acids is 4. The number of thiol groups is 1. The van der Waals surface area contributed by atoms with Gasteiger partial charge in [-0.05, 0) is 6.92 Å². The Kier molecular flexibility index (Phi) is 9.23. The third-order valence-electron chi connectivity index (χ3n) is 1.86. The second-order valence-electron chi connectivity index (χ2n) is 3.44. The molecule has 0 atom stereocenters. The molecule has 0 spiro atoms. The summed E-state index contributed by atoms with van der Waals surface area (Å²) in [5, 5.41) is 9.44. The van der Waals surface area contributed by atoms with Crippen molar-refractivity contribution < 1.29 is 19.2 Å². The lowest BCUT2D eigenvalue weighted by molar-refractivity contribution is -0.128. The number of nitrogens with one attached hydrogen (secondary N) is 4. The van der Waals surface area contributed by atoms with Crippen LogP contribution in [0.15, 0.2) is 0 Å². The third-order valence-corrected chi connectivity index (χ3v) is 2.14. The molecule has 0 radical (unpaired) electrons. The molecular formula is C10H18N4O4S. The van der Waals surface area contributed by atoms with Crippen LogP contribution in [0.25, 0.3) is 0 Å². The maximum atomic E-state index is 11.2. The third kappa shape index (κ3) is 9.89. The smallest absolute Gasteiger partial charge is 0.239 e. The lowest BCUT2D eigenvalue weighted by Crippen LogP contribution is -2.44. The van der Waals surface area contributed by atoms with Crippen LogP contribution in [0.5, 0.6) is 0 Å². The van der Waals surface area contributed by atoms with Crippen molar-refractivity contribution >= 4 is 36.3 Å². The minimum Gasteiger partial charge on any atom is -0.355 e. The van der Waals surface area contributed by atoms with E-state index in [0.717, 1.165) is 0 Å². The Bertz CT molecular complexity index is 348. The van der Waals surface area contributed by atoms with Gasteiger partial charge in [-0.2, -0.15) is 12.6 Å². The predicted octanol–water partition coefficient (Wildman–Crippen LogP) is -2.60. The van der Waals surface area contributed by atoms with Gasteiger partial charge < -0.3 is 21.3 Å². The fourth-order valence-corrected chi connectivity index (χ4v) is 1.09. The van der Waals surface area contributed by atoms with Crippen LogP contribution < -0.4 is 21.3 Å². The van der Waals surface area contributed by atoms with Crippen LogP contribution in [-0.4, -0.2) is 55.6 Å². The van der Waals surface area contributed by atoms with Crippen LogP contribution in [-0.2, 0) is 19.2 Å². The van der Waals surface area contributed by atoms with Crippen molar-refractivity contribution in [2.75, 3.05) is 31.9 Å². The van der Waals surface area contributed by atoms with Gasteiger partial charge in [-0.3, -0.25) is 19.2 Å². The van der Waals surface area contributed by atoms with Gasteiger partial charge >= 0.3 is 0 Å². The number of rotatable bonds is 8. The molecule has 0 bridgehead atoms. The minimum atomic E-state index is -0.497. The van der Waals surface area contributed by atoms with Crippen LogP contribution in [0.1, 0.15) is 6.92 Å². The van der Waals surface area contributed by atoms with Gasteiger partial charge in [-0.15, -0.1) is 0 Å².